The fraction of sp³-hybridized carbons (Fsp3) is 0.400. The SMILES string of the molecule is CCCOc1ccc([C@H](C)Nc2ccc(C#N)cn2)cc1OCCC. The van der Waals surface area contributed by atoms with Crippen LogP contribution in [0.2, 0.25) is 0 Å². The lowest BCUT2D eigenvalue weighted by molar-refractivity contribution is 0.268. The summed E-state index contributed by atoms with van der Waals surface area (Å²) < 4.78 is 11.6. The van der Waals surface area contributed by atoms with E-state index in [1.165, 1.54) is 0 Å². The molecular weight excluding hydrogens is 314 g/mol. The second kappa shape index (κ2) is 9.53. The summed E-state index contributed by atoms with van der Waals surface area (Å²) >= 11 is 0. The van der Waals surface area contributed by atoms with Crippen molar-refractivity contribution >= 4 is 5.82 Å². The molecule has 0 spiro atoms. The van der Waals surface area contributed by atoms with Gasteiger partial charge in [-0.15, -0.1) is 0 Å². The van der Waals surface area contributed by atoms with Gasteiger partial charge in [-0.2, -0.15) is 5.26 Å². The van der Waals surface area contributed by atoms with E-state index in [0.29, 0.717) is 18.8 Å². The molecule has 1 atom stereocenters. The van der Waals surface area contributed by atoms with Crippen molar-refractivity contribution < 1.29 is 9.47 Å². The molecule has 25 heavy (non-hydrogen) atoms. The average molecular weight is 339 g/mol. The number of benzene rings is 1. The molecule has 132 valence electrons. The molecule has 0 saturated carbocycles. The summed E-state index contributed by atoms with van der Waals surface area (Å²) in [5.41, 5.74) is 1.63. The van der Waals surface area contributed by atoms with Gasteiger partial charge in [0, 0.05) is 6.20 Å². The minimum Gasteiger partial charge on any atom is -0.490 e. The summed E-state index contributed by atoms with van der Waals surface area (Å²) in [7, 11) is 0. The summed E-state index contributed by atoms with van der Waals surface area (Å²) in [6, 6.07) is 11.7. The molecule has 1 aromatic carbocycles. The maximum atomic E-state index is 8.84. The number of pyridine rings is 1. The Hall–Kier alpha value is -2.74. The number of ether oxygens (including phenoxy) is 2. The zero-order valence-electron chi connectivity index (χ0n) is 15.1. The van der Waals surface area contributed by atoms with Crippen LogP contribution >= 0.6 is 0 Å². The van der Waals surface area contributed by atoms with Crippen LogP contribution in [0.5, 0.6) is 11.5 Å². The summed E-state index contributed by atoms with van der Waals surface area (Å²) in [5, 5.41) is 12.2. The van der Waals surface area contributed by atoms with Crippen LogP contribution in [-0.2, 0) is 0 Å². The fourth-order valence-electron chi connectivity index (χ4n) is 2.30. The van der Waals surface area contributed by atoms with Gasteiger partial charge in [0.2, 0.25) is 0 Å². The van der Waals surface area contributed by atoms with Gasteiger partial charge < -0.3 is 14.8 Å². The van der Waals surface area contributed by atoms with Crippen LogP contribution in [-0.4, -0.2) is 18.2 Å². The molecule has 0 aliphatic heterocycles. The highest BCUT2D eigenvalue weighted by molar-refractivity contribution is 5.47. The Morgan fingerprint density at radius 2 is 1.80 bits per heavy atom. The standard InChI is InChI=1S/C20H25N3O2/c1-4-10-24-18-8-7-17(12-19(18)25-11-5-2)15(3)23-20-9-6-16(13-21)14-22-20/h6-9,12,14-15H,4-5,10-11H2,1-3H3,(H,22,23)/t15-/m0/s1. The van der Waals surface area contributed by atoms with Crippen LogP contribution < -0.4 is 14.8 Å². The lowest BCUT2D eigenvalue weighted by Gasteiger charge is -2.18. The van der Waals surface area contributed by atoms with Gasteiger partial charge in [-0.05, 0) is 49.6 Å². The molecule has 2 rings (SSSR count). The highest BCUT2D eigenvalue weighted by Gasteiger charge is 2.12. The van der Waals surface area contributed by atoms with E-state index in [1.54, 1.807) is 12.3 Å². The Kier molecular flexibility index (Phi) is 7.09. The van der Waals surface area contributed by atoms with E-state index in [9.17, 15) is 0 Å². The molecule has 0 fully saturated rings. The molecule has 5 nitrogen and oxygen atoms in total. The quantitative estimate of drug-likeness (QED) is 0.717. The summed E-state index contributed by atoms with van der Waals surface area (Å²) in [4.78, 5) is 4.26. The topological polar surface area (TPSA) is 67.2 Å². The second-order valence-electron chi connectivity index (χ2n) is 5.81. The Labute approximate surface area is 149 Å². The fourth-order valence-corrected chi connectivity index (χ4v) is 2.30. The molecule has 0 amide bonds. The van der Waals surface area contributed by atoms with Crippen LogP contribution in [0.15, 0.2) is 36.5 Å². The number of anilines is 1. The molecular formula is C20H25N3O2. The Balaban J connectivity index is 2.14. The summed E-state index contributed by atoms with van der Waals surface area (Å²) in [6.07, 6.45) is 3.46. The van der Waals surface area contributed by atoms with Crippen molar-refractivity contribution in [3.63, 3.8) is 0 Å². The predicted octanol–water partition coefficient (Wildman–Crippen LogP) is 4.70. The zero-order chi connectivity index (χ0) is 18.1. The van der Waals surface area contributed by atoms with Crippen molar-refractivity contribution in [2.45, 2.75) is 39.7 Å². The Morgan fingerprint density at radius 1 is 1.08 bits per heavy atom. The van der Waals surface area contributed by atoms with E-state index >= 15 is 0 Å². The largest absolute Gasteiger partial charge is 0.490 e. The molecule has 0 aliphatic rings. The zero-order valence-corrected chi connectivity index (χ0v) is 15.1. The van der Waals surface area contributed by atoms with Gasteiger partial charge in [0.15, 0.2) is 11.5 Å². The first-order valence-corrected chi connectivity index (χ1v) is 8.70. The van der Waals surface area contributed by atoms with Crippen LogP contribution in [0.1, 0.15) is 50.8 Å². The minimum absolute atomic E-state index is 0.0460. The molecule has 0 aliphatic carbocycles. The van der Waals surface area contributed by atoms with Crippen LogP contribution in [0, 0.1) is 11.3 Å². The highest BCUT2D eigenvalue weighted by atomic mass is 16.5. The monoisotopic (exact) mass is 339 g/mol. The smallest absolute Gasteiger partial charge is 0.161 e. The normalized spacial score (nSPS) is 11.4. The van der Waals surface area contributed by atoms with Crippen LogP contribution in [0.3, 0.4) is 0 Å². The van der Waals surface area contributed by atoms with Gasteiger partial charge in [-0.1, -0.05) is 19.9 Å². The van der Waals surface area contributed by atoms with Crippen molar-refractivity contribution in [1.82, 2.24) is 4.98 Å². The Bertz CT molecular complexity index is 708. The number of nitrogens with one attached hydrogen (secondary N) is 1. The van der Waals surface area contributed by atoms with Gasteiger partial charge >= 0.3 is 0 Å². The van der Waals surface area contributed by atoms with Crippen LogP contribution in [0.4, 0.5) is 5.82 Å². The predicted molar refractivity (Wildman–Crippen MR) is 99.0 cm³/mol. The first-order chi connectivity index (χ1) is 12.2. The number of aromatic nitrogens is 1. The highest BCUT2D eigenvalue weighted by Crippen LogP contribution is 2.31. The molecule has 0 bridgehead atoms. The van der Waals surface area contributed by atoms with E-state index in [2.05, 4.69) is 37.1 Å². The number of rotatable bonds is 9. The summed E-state index contributed by atoms with van der Waals surface area (Å²) in [6.45, 7) is 7.55. The molecule has 1 heterocycles. The van der Waals surface area contributed by atoms with Gasteiger partial charge in [-0.3, -0.25) is 0 Å². The van der Waals surface area contributed by atoms with Gasteiger partial charge in [-0.25, -0.2) is 4.98 Å². The molecule has 2 aromatic rings. The molecule has 0 radical (unpaired) electrons. The lowest BCUT2D eigenvalue weighted by atomic mass is 10.1. The van der Waals surface area contributed by atoms with E-state index in [0.717, 1.165) is 35.7 Å². The first kappa shape index (κ1) is 18.6. The lowest BCUT2D eigenvalue weighted by Crippen LogP contribution is -2.09. The average Bonchev–Trinajstić information content (AvgIpc) is 2.65. The minimum atomic E-state index is 0.0460. The third-order valence-electron chi connectivity index (χ3n) is 3.65. The van der Waals surface area contributed by atoms with Gasteiger partial charge in [0.25, 0.3) is 0 Å². The van der Waals surface area contributed by atoms with Crippen molar-refractivity contribution in [2.24, 2.45) is 0 Å². The molecule has 1 N–H and O–H groups in total. The number of hydrogen-bond acceptors (Lipinski definition) is 5. The number of nitriles is 1. The van der Waals surface area contributed by atoms with Crippen molar-refractivity contribution in [3.8, 4) is 17.6 Å². The van der Waals surface area contributed by atoms with E-state index in [1.807, 2.05) is 24.3 Å². The molecule has 0 saturated heterocycles. The second-order valence-corrected chi connectivity index (χ2v) is 5.81. The Morgan fingerprint density at radius 3 is 2.40 bits per heavy atom. The van der Waals surface area contributed by atoms with Crippen LogP contribution in [0.25, 0.3) is 0 Å². The number of nitrogens with zero attached hydrogens (tertiary/aromatic N) is 2. The maximum Gasteiger partial charge on any atom is 0.161 e. The van der Waals surface area contributed by atoms with Crippen molar-refractivity contribution in [2.75, 3.05) is 18.5 Å². The van der Waals surface area contributed by atoms with Gasteiger partial charge in [0.1, 0.15) is 11.9 Å². The van der Waals surface area contributed by atoms with E-state index in [4.69, 9.17) is 14.7 Å². The third-order valence-corrected chi connectivity index (χ3v) is 3.65. The van der Waals surface area contributed by atoms with Crippen molar-refractivity contribution in [3.05, 3.63) is 47.7 Å². The third kappa shape index (κ3) is 5.39. The molecule has 1 aromatic heterocycles. The van der Waals surface area contributed by atoms with Crippen molar-refractivity contribution in [1.29, 1.82) is 5.26 Å². The molecule has 0 unspecified atom stereocenters. The van der Waals surface area contributed by atoms with E-state index < -0.39 is 0 Å². The number of hydrogen-bond donors (Lipinski definition) is 1. The summed E-state index contributed by atoms with van der Waals surface area (Å²) in [5.74, 6) is 2.28. The first-order valence-electron chi connectivity index (χ1n) is 8.70. The maximum absolute atomic E-state index is 8.84. The molecule has 5 heteroatoms. The van der Waals surface area contributed by atoms with Gasteiger partial charge in [0.05, 0.1) is 24.8 Å². The van der Waals surface area contributed by atoms with E-state index in [-0.39, 0.29) is 6.04 Å².